The maximum Gasteiger partial charge on any atom is -0.00776 e. The number of fused-ring (bicyclic) bond motifs is 4. The molecule has 0 nitrogen and oxygen atoms in total. The molecule has 3 saturated carbocycles. The maximum atomic E-state index is 2.59. The van der Waals surface area contributed by atoms with Gasteiger partial charge in [0.25, 0.3) is 0 Å². The van der Waals surface area contributed by atoms with Crippen LogP contribution in [0, 0.1) is 34.5 Å². The van der Waals surface area contributed by atoms with E-state index in [0.29, 0.717) is 5.41 Å². The minimum absolute atomic E-state index is 0.713. The third kappa shape index (κ3) is 0.495. The standard InChI is InChI=1S/C14H16/c1-2-11-12-9(3-4-13(12)5-6-13)10(1)14(11)7-8-14/h1-4,9-12H,5-8H2/t9-,10-,11-,12+/m1/s1. The molecule has 5 aliphatic carbocycles. The van der Waals surface area contributed by atoms with Gasteiger partial charge in [-0.3, -0.25) is 0 Å². The van der Waals surface area contributed by atoms with Crippen molar-refractivity contribution in [2.75, 3.05) is 0 Å². The van der Waals surface area contributed by atoms with E-state index in [1.54, 1.807) is 0 Å². The zero-order chi connectivity index (χ0) is 8.97. The fraction of sp³-hybridized carbons (Fsp3) is 0.714. The molecule has 0 amide bonds. The van der Waals surface area contributed by atoms with Crippen molar-refractivity contribution in [3.05, 3.63) is 24.3 Å². The first kappa shape index (κ1) is 6.87. The smallest absolute Gasteiger partial charge is 0.00776 e. The van der Waals surface area contributed by atoms with Gasteiger partial charge in [-0.1, -0.05) is 24.3 Å². The quantitative estimate of drug-likeness (QED) is 0.507. The molecule has 2 spiro atoms. The second-order valence-electron chi connectivity index (χ2n) is 6.37. The topological polar surface area (TPSA) is 0 Å². The normalized spacial score (nSPS) is 56.0. The summed E-state index contributed by atoms with van der Waals surface area (Å²) < 4.78 is 0. The lowest BCUT2D eigenvalue weighted by Gasteiger charge is -2.26. The van der Waals surface area contributed by atoms with E-state index in [9.17, 15) is 0 Å². The Labute approximate surface area is 85.1 Å². The van der Waals surface area contributed by atoms with E-state index in [1.165, 1.54) is 25.7 Å². The van der Waals surface area contributed by atoms with Gasteiger partial charge in [-0.15, -0.1) is 0 Å². The minimum atomic E-state index is 0.713. The van der Waals surface area contributed by atoms with Crippen molar-refractivity contribution in [3.8, 4) is 0 Å². The number of rotatable bonds is 0. The summed E-state index contributed by atoms with van der Waals surface area (Å²) in [5.74, 6) is 3.93. The molecule has 0 heteroatoms. The lowest BCUT2D eigenvalue weighted by atomic mass is 9.78. The Balaban J connectivity index is 1.72. The summed E-state index contributed by atoms with van der Waals surface area (Å²) in [6, 6.07) is 0. The highest BCUT2D eigenvalue weighted by Gasteiger charge is 2.72. The Morgan fingerprint density at radius 3 is 2.36 bits per heavy atom. The zero-order valence-electron chi connectivity index (χ0n) is 8.45. The molecule has 0 aliphatic heterocycles. The van der Waals surface area contributed by atoms with Crippen LogP contribution in [-0.2, 0) is 0 Å². The van der Waals surface area contributed by atoms with Gasteiger partial charge in [0, 0.05) is 0 Å². The highest BCUT2D eigenvalue weighted by atomic mass is 14.8. The van der Waals surface area contributed by atoms with E-state index in [0.717, 1.165) is 29.1 Å². The minimum Gasteiger partial charge on any atom is -0.0842 e. The lowest BCUT2D eigenvalue weighted by molar-refractivity contribution is 0.277. The summed E-state index contributed by atoms with van der Waals surface area (Å²) in [6.07, 6.45) is 16.4. The van der Waals surface area contributed by atoms with E-state index in [2.05, 4.69) is 24.3 Å². The van der Waals surface area contributed by atoms with Crippen LogP contribution < -0.4 is 0 Å². The van der Waals surface area contributed by atoms with Gasteiger partial charge in [0.15, 0.2) is 0 Å². The molecule has 0 aromatic rings. The second kappa shape index (κ2) is 1.66. The van der Waals surface area contributed by atoms with Gasteiger partial charge in [0.1, 0.15) is 0 Å². The monoisotopic (exact) mass is 184 g/mol. The second-order valence-corrected chi connectivity index (χ2v) is 6.37. The van der Waals surface area contributed by atoms with Crippen molar-refractivity contribution in [1.29, 1.82) is 0 Å². The predicted octanol–water partition coefficient (Wildman–Crippen LogP) is 3.16. The van der Waals surface area contributed by atoms with Gasteiger partial charge >= 0.3 is 0 Å². The van der Waals surface area contributed by atoms with Gasteiger partial charge in [-0.2, -0.15) is 0 Å². The summed E-state index contributed by atoms with van der Waals surface area (Å²) >= 11 is 0. The highest BCUT2D eigenvalue weighted by Crippen LogP contribution is 2.79. The van der Waals surface area contributed by atoms with Crippen LogP contribution in [0.15, 0.2) is 24.3 Å². The Morgan fingerprint density at radius 1 is 0.857 bits per heavy atom. The molecule has 5 rings (SSSR count). The van der Waals surface area contributed by atoms with Crippen LogP contribution in [0.3, 0.4) is 0 Å². The first-order chi connectivity index (χ1) is 6.86. The average Bonchev–Trinajstić information content (AvgIpc) is 3.02. The van der Waals surface area contributed by atoms with Crippen LogP contribution >= 0.6 is 0 Å². The van der Waals surface area contributed by atoms with Crippen molar-refractivity contribution < 1.29 is 0 Å². The summed E-state index contributed by atoms with van der Waals surface area (Å²) in [5.41, 5.74) is 1.51. The average molecular weight is 184 g/mol. The molecule has 0 unspecified atom stereocenters. The largest absolute Gasteiger partial charge is 0.0842 e. The van der Waals surface area contributed by atoms with Gasteiger partial charge < -0.3 is 0 Å². The molecule has 0 aromatic carbocycles. The van der Waals surface area contributed by atoms with Crippen LogP contribution in [0.25, 0.3) is 0 Å². The Bertz CT molecular complexity index is 379. The summed E-state index contributed by atoms with van der Waals surface area (Å²) in [4.78, 5) is 0. The van der Waals surface area contributed by atoms with Crippen LogP contribution in [0.1, 0.15) is 25.7 Å². The molecule has 14 heavy (non-hydrogen) atoms. The molecule has 5 aliphatic rings. The summed E-state index contributed by atoms with van der Waals surface area (Å²) in [5, 5.41) is 0. The van der Waals surface area contributed by atoms with Crippen molar-refractivity contribution in [3.63, 3.8) is 0 Å². The van der Waals surface area contributed by atoms with Crippen LogP contribution in [-0.4, -0.2) is 0 Å². The fourth-order valence-electron chi connectivity index (χ4n) is 5.15. The molecule has 3 fully saturated rings. The zero-order valence-corrected chi connectivity index (χ0v) is 8.45. The molecule has 72 valence electrons. The van der Waals surface area contributed by atoms with Gasteiger partial charge in [-0.05, 0) is 60.2 Å². The molecular weight excluding hydrogens is 168 g/mol. The van der Waals surface area contributed by atoms with E-state index in [1.807, 2.05) is 0 Å². The van der Waals surface area contributed by atoms with Crippen molar-refractivity contribution >= 4 is 0 Å². The molecule has 0 saturated heterocycles. The number of allylic oxidation sites excluding steroid dienone is 4. The lowest BCUT2D eigenvalue weighted by Crippen LogP contribution is -2.21. The molecule has 0 aromatic heterocycles. The van der Waals surface area contributed by atoms with E-state index in [4.69, 9.17) is 0 Å². The SMILES string of the molecule is C1=CC2(CC2)[C@H]2[C@H]1[C@H]1C=C[C@H]2C12CC2. The third-order valence-electron chi connectivity index (χ3n) is 6.04. The first-order valence-corrected chi connectivity index (χ1v) is 6.24. The highest BCUT2D eigenvalue weighted by molar-refractivity contribution is 5.38. The number of hydrogen-bond acceptors (Lipinski definition) is 0. The van der Waals surface area contributed by atoms with Crippen molar-refractivity contribution in [1.82, 2.24) is 0 Å². The van der Waals surface area contributed by atoms with E-state index >= 15 is 0 Å². The van der Waals surface area contributed by atoms with Gasteiger partial charge in [-0.25, -0.2) is 0 Å². The third-order valence-corrected chi connectivity index (χ3v) is 6.04. The van der Waals surface area contributed by atoms with Crippen LogP contribution in [0.2, 0.25) is 0 Å². The first-order valence-electron chi connectivity index (χ1n) is 6.24. The summed E-state index contributed by atoms with van der Waals surface area (Å²) in [7, 11) is 0. The number of hydrogen-bond donors (Lipinski definition) is 0. The van der Waals surface area contributed by atoms with Crippen LogP contribution in [0.4, 0.5) is 0 Å². The Hall–Kier alpha value is -0.520. The molecule has 0 radical (unpaired) electrons. The maximum absolute atomic E-state index is 2.59. The molecule has 0 heterocycles. The molecule has 0 N–H and O–H groups in total. The predicted molar refractivity (Wildman–Crippen MR) is 55.6 cm³/mol. The van der Waals surface area contributed by atoms with E-state index in [-0.39, 0.29) is 0 Å². The van der Waals surface area contributed by atoms with Crippen LogP contribution in [0.5, 0.6) is 0 Å². The molecule has 2 bridgehead atoms. The fourth-order valence-corrected chi connectivity index (χ4v) is 5.15. The molecule has 4 atom stereocenters. The van der Waals surface area contributed by atoms with Crippen molar-refractivity contribution in [2.24, 2.45) is 34.5 Å². The van der Waals surface area contributed by atoms with Gasteiger partial charge in [0.05, 0.1) is 0 Å². The molecular formula is C14H16. The van der Waals surface area contributed by atoms with Crippen molar-refractivity contribution in [2.45, 2.75) is 25.7 Å². The van der Waals surface area contributed by atoms with Gasteiger partial charge in [0.2, 0.25) is 0 Å². The summed E-state index contributed by atoms with van der Waals surface area (Å²) in [6.45, 7) is 0. The van der Waals surface area contributed by atoms with E-state index < -0.39 is 0 Å². The Morgan fingerprint density at radius 2 is 1.64 bits per heavy atom. The Kier molecular flexibility index (Phi) is 0.815.